The summed E-state index contributed by atoms with van der Waals surface area (Å²) in [6, 6.07) is 19.4. The first-order chi connectivity index (χ1) is 10.8. The number of hydrogen-bond acceptors (Lipinski definition) is 2. The molecule has 5 aromatic rings. The zero-order valence-electron chi connectivity index (χ0n) is 11.6. The normalized spacial score (nSPS) is 11.8. The van der Waals surface area contributed by atoms with Gasteiger partial charge in [-0.3, -0.25) is 9.67 Å². The van der Waals surface area contributed by atoms with E-state index in [1.54, 1.807) is 6.33 Å². The average molecular weight is 301 g/mol. The van der Waals surface area contributed by atoms with Crippen LogP contribution in [0.3, 0.4) is 0 Å². The van der Waals surface area contributed by atoms with Crippen molar-refractivity contribution >= 4 is 44.5 Å². The molecule has 0 atom stereocenters. The maximum Gasteiger partial charge on any atom is 0.199 e. The van der Waals surface area contributed by atoms with Gasteiger partial charge in [-0.2, -0.15) is 5.10 Å². The van der Waals surface area contributed by atoms with Crippen molar-refractivity contribution in [3.05, 3.63) is 65.7 Å². The fourth-order valence-electron chi connectivity index (χ4n) is 3.35. The molecule has 0 saturated heterocycles. The smallest absolute Gasteiger partial charge is 0.199 e. The third-order valence-electron chi connectivity index (χ3n) is 4.32. The monoisotopic (exact) mass is 301 g/mol. The summed E-state index contributed by atoms with van der Waals surface area (Å²) in [7, 11) is 0. The molecule has 0 unspecified atom stereocenters. The molecule has 0 spiro atoms. The summed E-state index contributed by atoms with van der Waals surface area (Å²) in [6.07, 6.45) is 1.73. The van der Waals surface area contributed by atoms with Gasteiger partial charge in [-0.15, -0.1) is 0 Å². The van der Waals surface area contributed by atoms with Crippen molar-refractivity contribution in [2.24, 2.45) is 0 Å². The highest BCUT2D eigenvalue weighted by Gasteiger charge is 2.11. The van der Waals surface area contributed by atoms with Gasteiger partial charge in [-0.1, -0.05) is 48.5 Å². The van der Waals surface area contributed by atoms with Gasteiger partial charge in [0.05, 0.1) is 5.69 Å². The van der Waals surface area contributed by atoms with Crippen LogP contribution in [0.25, 0.3) is 38.0 Å². The van der Waals surface area contributed by atoms with Gasteiger partial charge in [0.25, 0.3) is 0 Å². The topological polar surface area (TPSA) is 33.6 Å². The van der Waals surface area contributed by atoms with Gasteiger partial charge in [0, 0.05) is 5.39 Å². The molecule has 0 amide bonds. The number of nitrogens with zero attached hydrogens (tertiary/aromatic N) is 2. The lowest BCUT2D eigenvalue weighted by Crippen LogP contribution is -1.95. The molecule has 22 heavy (non-hydrogen) atoms. The second-order valence-corrected chi connectivity index (χ2v) is 5.86. The molecular weight excluding hydrogens is 290 g/mol. The van der Waals surface area contributed by atoms with Crippen molar-refractivity contribution < 1.29 is 0 Å². The van der Waals surface area contributed by atoms with Crippen LogP contribution in [0.4, 0.5) is 0 Å². The van der Waals surface area contributed by atoms with Gasteiger partial charge in [0.2, 0.25) is 0 Å². The zero-order valence-corrected chi connectivity index (χ0v) is 12.4. The van der Waals surface area contributed by atoms with Gasteiger partial charge in [0.1, 0.15) is 6.33 Å². The Kier molecular flexibility index (Phi) is 2.24. The Morgan fingerprint density at radius 3 is 2.23 bits per heavy atom. The Labute approximate surface area is 131 Å². The lowest BCUT2D eigenvalue weighted by molar-refractivity contribution is 1.04. The molecule has 0 saturated carbocycles. The van der Waals surface area contributed by atoms with E-state index in [0.29, 0.717) is 4.77 Å². The Morgan fingerprint density at radius 1 is 0.818 bits per heavy atom. The molecule has 104 valence electrons. The van der Waals surface area contributed by atoms with Gasteiger partial charge in [-0.25, -0.2) is 0 Å². The Balaban J connectivity index is 2.07. The van der Waals surface area contributed by atoms with E-state index in [9.17, 15) is 0 Å². The highest BCUT2D eigenvalue weighted by atomic mass is 32.1. The number of rotatable bonds is 1. The van der Waals surface area contributed by atoms with Crippen LogP contribution >= 0.6 is 12.2 Å². The molecule has 0 fully saturated rings. The number of benzene rings is 4. The van der Waals surface area contributed by atoms with Gasteiger partial charge < -0.3 is 0 Å². The van der Waals surface area contributed by atoms with Gasteiger partial charge >= 0.3 is 0 Å². The summed E-state index contributed by atoms with van der Waals surface area (Å²) in [6.45, 7) is 0. The molecule has 0 bridgehead atoms. The Hall–Kier alpha value is -2.72. The van der Waals surface area contributed by atoms with E-state index < -0.39 is 0 Å². The molecule has 4 aromatic carbocycles. The van der Waals surface area contributed by atoms with E-state index in [-0.39, 0.29) is 0 Å². The van der Waals surface area contributed by atoms with Crippen LogP contribution in [-0.4, -0.2) is 14.8 Å². The molecule has 0 aliphatic rings. The summed E-state index contributed by atoms with van der Waals surface area (Å²) in [5.41, 5.74) is 1.06. The Bertz CT molecular complexity index is 1180. The zero-order chi connectivity index (χ0) is 14.7. The third kappa shape index (κ3) is 1.45. The molecule has 0 radical (unpaired) electrons. The van der Waals surface area contributed by atoms with Crippen molar-refractivity contribution in [1.29, 1.82) is 0 Å². The van der Waals surface area contributed by atoms with Gasteiger partial charge in [0.15, 0.2) is 4.77 Å². The quantitative estimate of drug-likeness (QED) is 0.355. The highest BCUT2D eigenvalue weighted by molar-refractivity contribution is 7.71. The lowest BCUT2D eigenvalue weighted by Gasteiger charge is -2.13. The second-order valence-electron chi connectivity index (χ2n) is 5.47. The number of aromatic nitrogens is 3. The lowest BCUT2D eigenvalue weighted by atomic mass is 9.93. The van der Waals surface area contributed by atoms with E-state index in [4.69, 9.17) is 12.2 Å². The molecule has 1 aromatic heterocycles. The summed E-state index contributed by atoms with van der Waals surface area (Å²) < 4.78 is 2.52. The van der Waals surface area contributed by atoms with E-state index in [2.05, 4.69) is 64.8 Å². The molecular formula is C18H11N3S. The second kappa shape index (κ2) is 4.15. The molecule has 0 aliphatic carbocycles. The van der Waals surface area contributed by atoms with Crippen LogP contribution in [0.5, 0.6) is 0 Å². The van der Waals surface area contributed by atoms with Crippen molar-refractivity contribution in [3.63, 3.8) is 0 Å². The van der Waals surface area contributed by atoms with E-state index in [0.717, 1.165) is 5.69 Å². The first kappa shape index (κ1) is 11.9. The highest BCUT2D eigenvalue weighted by Crippen LogP contribution is 2.36. The van der Waals surface area contributed by atoms with Crippen LogP contribution in [0.2, 0.25) is 0 Å². The van der Waals surface area contributed by atoms with Gasteiger partial charge in [-0.05, 0) is 45.2 Å². The minimum Gasteiger partial charge on any atom is -0.274 e. The molecule has 1 N–H and O–H groups in total. The predicted octanol–water partition coefficient (Wildman–Crippen LogP) is 4.83. The summed E-state index contributed by atoms with van der Waals surface area (Å²) >= 11 is 5.33. The van der Waals surface area contributed by atoms with E-state index >= 15 is 0 Å². The maximum absolute atomic E-state index is 5.33. The van der Waals surface area contributed by atoms with Crippen molar-refractivity contribution in [2.75, 3.05) is 0 Å². The molecule has 4 heteroatoms. The van der Waals surface area contributed by atoms with Crippen LogP contribution < -0.4 is 0 Å². The summed E-state index contributed by atoms with van der Waals surface area (Å²) in [5.74, 6) is 0. The molecule has 1 heterocycles. The minimum atomic E-state index is 0.607. The molecule has 3 nitrogen and oxygen atoms in total. The van der Waals surface area contributed by atoms with Crippen molar-refractivity contribution in [2.45, 2.75) is 0 Å². The van der Waals surface area contributed by atoms with Crippen LogP contribution in [0, 0.1) is 4.77 Å². The SMILES string of the molecule is S=c1[nH]ncn1-c1ccc2ccc3cccc4ccc1c2c34. The molecule has 0 aliphatic heterocycles. The third-order valence-corrected chi connectivity index (χ3v) is 4.61. The summed E-state index contributed by atoms with van der Waals surface area (Å²) in [5, 5.41) is 14.4. The van der Waals surface area contributed by atoms with Crippen molar-refractivity contribution in [3.8, 4) is 5.69 Å². The molecule has 5 rings (SSSR count). The fraction of sp³-hybridized carbons (Fsp3) is 0. The minimum absolute atomic E-state index is 0.607. The van der Waals surface area contributed by atoms with Crippen LogP contribution in [-0.2, 0) is 0 Å². The number of nitrogens with one attached hydrogen (secondary N) is 1. The predicted molar refractivity (Wildman–Crippen MR) is 92.5 cm³/mol. The first-order valence-corrected chi connectivity index (χ1v) is 7.53. The van der Waals surface area contributed by atoms with Crippen molar-refractivity contribution in [1.82, 2.24) is 14.8 Å². The van der Waals surface area contributed by atoms with Crippen LogP contribution in [0.15, 0.2) is 60.9 Å². The standard InChI is InChI=1S/C18H11N3S/c22-18-20-19-10-21(18)15-9-7-13-5-4-11-2-1-3-12-6-8-14(15)17(13)16(11)12/h1-10H,(H,20,22). The number of aromatic amines is 1. The summed E-state index contributed by atoms with van der Waals surface area (Å²) in [4.78, 5) is 0. The van der Waals surface area contributed by atoms with Crippen LogP contribution in [0.1, 0.15) is 0 Å². The number of hydrogen-bond donors (Lipinski definition) is 1. The fourth-order valence-corrected chi connectivity index (χ4v) is 3.55. The maximum atomic E-state index is 5.33. The largest absolute Gasteiger partial charge is 0.274 e. The first-order valence-electron chi connectivity index (χ1n) is 7.12. The van der Waals surface area contributed by atoms with E-state index in [1.165, 1.54) is 32.3 Å². The van der Waals surface area contributed by atoms with E-state index in [1.807, 2.05) is 4.57 Å². The average Bonchev–Trinajstić information content (AvgIpc) is 2.98. The number of H-pyrrole nitrogens is 1. The Morgan fingerprint density at radius 2 is 1.50 bits per heavy atom.